The first-order valence-corrected chi connectivity index (χ1v) is 8.90. The van der Waals surface area contributed by atoms with E-state index in [0.29, 0.717) is 5.75 Å². The quantitative estimate of drug-likeness (QED) is 0.655. The number of phenolic OH excluding ortho intramolecular Hbond substituents is 1. The van der Waals surface area contributed by atoms with Crippen LogP contribution in [0.15, 0.2) is 18.2 Å². The van der Waals surface area contributed by atoms with Crippen LogP contribution < -0.4 is 5.73 Å². The van der Waals surface area contributed by atoms with E-state index < -0.39 is 5.91 Å². The van der Waals surface area contributed by atoms with Gasteiger partial charge in [0.2, 0.25) is 5.91 Å². The van der Waals surface area contributed by atoms with Gasteiger partial charge in [0.25, 0.3) is 0 Å². The highest BCUT2D eigenvalue weighted by atomic mass is 16.3. The predicted molar refractivity (Wildman–Crippen MR) is 102 cm³/mol. The number of primary amides is 1. The molecule has 134 valence electrons. The molecular formula is C21H33NO2. The average Bonchev–Trinajstić information content (AvgIpc) is 2.45. The van der Waals surface area contributed by atoms with E-state index in [-0.39, 0.29) is 10.8 Å². The SMILES string of the molecule is CCCC(C)(C)c1cc(C=CC(N)=O)cc(C(C)(C)CCC)c1O. The Bertz CT molecular complexity index is 573. The lowest BCUT2D eigenvalue weighted by atomic mass is 9.73. The van der Waals surface area contributed by atoms with Crippen molar-refractivity contribution in [3.05, 3.63) is 34.9 Å². The lowest BCUT2D eigenvalue weighted by Gasteiger charge is -2.32. The Morgan fingerprint density at radius 2 is 1.46 bits per heavy atom. The summed E-state index contributed by atoms with van der Waals surface area (Å²) in [6, 6.07) is 3.96. The van der Waals surface area contributed by atoms with Gasteiger partial charge < -0.3 is 10.8 Å². The van der Waals surface area contributed by atoms with Crippen molar-refractivity contribution < 1.29 is 9.90 Å². The molecule has 0 aromatic heterocycles. The van der Waals surface area contributed by atoms with Crippen LogP contribution in [0.5, 0.6) is 5.75 Å². The average molecular weight is 332 g/mol. The van der Waals surface area contributed by atoms with Gasteiger partial charge in [-0.3, -0.25) is 4.79 Å². The first kappa shape index (κ1) is 20.3. The van der Waals surface area contributed by atoms with Gasteiger partial charge in [-0.05, 0) is 47.4 Å². The topological polar surface area (TPSA) is 63.3 Å². The molecule has 1 aromatic carbocycles. The molecule has 0 fully saturated rings. The largest absolute Gasteiger partial charge is 0.507 e. The second-order valence-corrected chi connectivity index (χ2v) is 7.97. The van der Waals surface area contributed by atoms with Gasteiger partial charge in [-0.25, -0.2) is 0 Å². The Hall–Kier alpha value is -1.77. The molecule has 0 saturated heterocycles. The lowest BCUT2D eigenvalue weighted by Crippen LogP contribution is -2.22. The van der Waals surface area contributed by atoms with Crippen molar-refractivity contribution in [2.75, 3.05) is 0 Å². The molecule has 0 bridgehead atoms. The van der Waals surface area contributed by atoms with Crippen LogP contribution in [0.2, 0.25) is 0 Å². The minimum atomic E-state index is -0.466. The van der Waals surface area contributed by atoms with Crippen LogP contribution >= 0.6 is 0 Å². The van der Waals surface area contributed by atoms with Crippen LogP contribution in [0.4, 0.5) is 0 Å². The highest BCUT2D eigenvalue weighted by Crippen LogP contribution is 2.43. The minimum absolute atomic E-state index is 0.132. The van der Waals surface area contributed by atoms with E-state index >= 15 is 0 Å². The summed E-state index contributed by atoms with van der Waals surface area (Å²) in [5.41, 5.74) is 7.76. The number of rotatable bonds is 8. The smallest absolute Gasteiger partial charge is 0.241 e. The second kappa shape index (κ2) is 7.87. The van der Waals surface area contributed by atoms with Crippen LogP contribution in [0.1, 0.15) is 83.9 Å². The fourth-order valence-corrected chi connectivity index (χ4v) is 3.48. The van der Waals surface area contributed by atoms with Crippen molar-refractivity contribution in [2.24, 2.45) is 5.73 Å². The zero-order chi connectivity index (χ0) is 18.5. The highest BCUT2D eigenvalue weighted by molar-refractivity contribution is 5.90. The van der Waals surface area contributed by atoms with E-state index in [4.69, 9.17) is 5.73 Å². The fourth-order valence-electron chi connectivity index (χ4n) is 3.48. The maximum Gasteiger partial charge on any atom is 0.241 e. The maximum absolute atomic E-state index is 11.1. The van der Waals surface area contributed by atoms with Crippen molar-refractivity contribution in [2.45, 2.75) is 78.1 Å². The van der Waals surface area contributed by atoms with Gasteiger partial charge in [-0.1, -0.05) is 54.4 Å². The molecule has 0 aliphatic carbocycles. The Kier molecular flexibility index (Phi) is 6.65. The van der Waals surface area contributed by atoms with E-state index in [1.54, 1.807) is 6.08 Å². The predicted octanol–water partition coefficient (Wildman–Crippen LogP) is 5.05. The Morgan fingerprint density at radius 3 is 1.79 bits per heavy atom. The highest BCUT2D eigenvalue weighted by Gasteiger charge is 2.30. The van der Waals surface area contributed by atoms with Gasteiger partial charge in [-0.2, -0.15) is 0 Å². The number of aromatic hydroxyl groups is 1. The molecule has 3 N–H and O–H groups in total. The van der Waals surface area contributed by atoms with Crippen LogP contribution in [0.3, 0.4) is 0 Å². The first-order chi connectivity index (χ1) is 11.0. The Labute approximate surface area is 147 Å². The van der Waals surface area contributed by atoms with Gasteiger partial charge in [0, 0.05) is 17.2 Å². The number of carbonyl (C=O) groups is 1. The van der Waals surface area contributed by atoms with E-state index in [9.17, 15) is 9.90 Å². The van der Waals surface area contributed by atoms with Crippen LogP contribution in [-0.2, 0) is 15.6 Å². The van der Waals surface area contributed by atoms with E-state index in [2.05, 4.69) is 41.5 Å². The van der Waals surface area contributed by atoms with Crippen molar-refractivity contribution in [1.82, 2.24) is 0 Å². The van der Waals surface area contributed by atoms with Gasteiger partial charge in [0.15, 0.2) is 0 Å². The van der Waals surface area contributed by atoms with Crippen molar-refractivity contribution >= 4 is 12.0 Å². The van der Waals surface area contributed by atoms with Crippen molar-refractivity contribution in [3.63, 3.8) is 0 Å². The summed E-state index contributed by atoms with van der Waals surface area (Å²) in [7, 11) is 0. The number of hydrogen-bond acceptors (Lipinski definition) is 2. The summed E-state index contributed by atoms with van der Waals surface area (Å²) in [5.74, 6) is -0.0741. The molecule has 0 radical (unpaired) electrons. The second-order valence-electron chi connectivity index (χ2n) is 7.97. The van der Waals surface area contributed by atoms with Gasteiger partial charge in [-0.15, -0.1) is 0 Å². The number of nitrogens with two attached hydrogens (primary N) is 1. The summed E-state index contributed by atoms with van der Waals surface area (Å²) in [6.45, 7) is 12.9. The number of hydrogen-bond donors (Lipinski definition) is 2. The molecule has 0 aliphatic heterocycles. The molecule has 0 unspecified atom stereocenters. The molecule has 0 spiro atoms. The minimum Gasteiger partial charge on any atom is -0.507 e. The van der Waals surface area contributed by atoms with Crippen LogP contribution in [0, 0.1) is 0 Å². The van der Waals surface area contributed by atoms with Gasteiger partial charge in [0.1, 0.15) is 5.75 Å². The lowest BCUT2D eigenvalue weighted by molar-refractivity contribution is -0.113. The maximum atomic E-state index is 11.1. The van der Waals surface area contributed by atoms with Gasteiger partial charge >= 0.3 is 0 Å². The van der Waals surface area contributed by atoms with Crippen LogP contribution in [-0.4, -0.2) is 11.0 Å². The summed E-state index contributed by atoms with van der Waals surface area (Å²) >= 11 is 0. The molecule has 1 aromatic rings. The molecule has 0 aliphatic rings. The molecular weight excluding hydrogens is 298 g/mol. The Morgan fingerprint density at radius 1 is 1.04 bits per heavy atom. The van der Waals surface area contributed by atoms with Gasteiger partial charge in [0.05, 0.1) is 0 Å². The molecule has 0 heterocycles. The van der Waals surface area contributed by atoms with Crippen LogP contribution in [0.25, 0.3) is 6.08 Å². The third-order valence-electron chi connectivity index (χ3n) is 4.78. The summed E-state index contributed by atoms with van der Waals surface area (Å²) in [4.78, 5) is 11.1. The van der Waals surface area contributed by atoms with E-state index in [1.165, 1.54) is 6.08 Å². The molecule has 0 saturated carbocycles. The van der Waals surface area contributed by atoms with Crippen molar-refractivity contribution in [1.29, 1.82) is 0 Å². The number of amides is 1. The molecule has 1 amide bonds. The number of phenols is 1. The standard InChI is InChI=1S/C21H33NO2/c1-7-11-20(3,4)16-13-15(9-10-18(22)23)14-17(19(16)24)21(5,6)12-8-2/h9-10,13-14,24H,7-8,11-12H2,1-6H3,(H2,22,23). The third kappa shape index (κ3) is 4.86. The normalized spacial score (nSPS) is 12.8. The first-order valence-electron chi connectivity index (χ1n) is 8.90. The van der Waals surface area contributed by atoms with Crippen molar-refractivity contribution in [3.8, 4) is 5.75 Å². The summed E-state index contributed by atoms with van der Waals surface area (Å²) in [5, 5.41) is 11.0. The monoisotopic (exact) mass is 331 g/mol. The zero-order valence-electron chi connectivity index (χ0n) is 16.1. The molecule has 3 heteroatoms. The fraction of sp³-hybridized carbons (Fsp3) is 0.571. The summed E-state index contributed by atoms with van der Waals surface area (Å²) in [6.07, 6.45) is 7.16. The van der Waals surface area contributed by atoms with E-state index in [1.807, 2.05) is 12.1 Å². The molecule has 3 nitrogen and oxygen atoms in total. The number of benzene rings is 1. The zero-order valence-corrected chi connectivity index (χ0v) is 16.1. The summed E-state index contributed by atoms with van der Waals surface area (Å²) < 4.78 is 0. The molecule has 0 atom stereocenters. The molecule has 24 heavy (non-hydrogen) atoms. The number of carbonyl (C=O) groups excluding carboxylic acids is 1. The van der Waals surface area contributed by atoms with E-state index in [0.717, 1.165) is 42.4 Å². The third-order valence-corrected chi connectivity index (χ3v) is 4.78. The Balaban J connectivity index is 3.58. The molecule has 1 rings (SSSR count).